The van der Waals surface area contributed by atoms with Crippen LogP contribution >= 0.6 is 0 Å². The van der Waals surface area contributed by atoms with Crippen molar-refractivity contribution in [3.8, 4) is 0 Å². The van der Waals surface area contributed by atoms with E-state index in [1.807, 2.05) is 24.5 Å². The van der Waals surface area contributed by atoms with Crippen LogP contribution in [0.1, 0.15) is 6.92 Å². The lowest BCUT2D eigenvalue weighted by Gasteiger charge is -1.95. The zero-order valence-electron chi connectivity index (χ0n) is 6.41. The van der Waals surface area contributed by atoms with Crippen molar-refractivity contribution in [3.05, 3.63) is 30.6 Å². The van der Waals surface area contributed by atoms with E-state index in [0.29, 0.717) is 0 Å². The summed E-state index contributed by atoms with van der Waals surface area (Å²) in [7, 11) is 0. The Labute approximate surface area is 65.5 Å². The lowest BCUT2D eigenvalue weighted by molar-refractivity contribution is 0.787. The maximum atomic E-state index is 4.22. The third kappa shape index (κ3) is 0.909. The molecule has 1 aromatic heterocycles. The number of imidazole rings is 1. The quantitative estimate of drug-likeness (QED) is 0.598. The fraction of sp³-hybridized carbons (Fsp3) is 0.222. The summed E-state index contributed by atoms with van der Waals surface area (Å²) < 4.78 is 2.11. The van der Waals surface area contributed by atoms with E-state index in [2.05, 4.69) is 22.5 Å². The van der Waals surface area contributed by atoms with Gasteiger partial charge in [-0.15, -0.1) is 0 Å². The van der Waals surface area contributed by atoms with Crippen molar-refractivity contribution in [2.24, 2.45) is 0 Å². The van der Waals surface area contributed by atoms with E-state index in [1.54, 1.807) is 0 Å². The monoisotopic (exact) mass is 145 g/mol. The molecule has 0 aliphatic heterocycles. The third-order valence-corrected chi connectivity index (χ3v) is 1.81. The number of hydrogen-bond acceptors (Lipinski definition) is 1. The highest BCUT2D eigenvalue weighted by Crippen LogP contribution is 2.10. The fourth-order valence-electron chi connectivity index (χ4n) is 1.21. The number of rotatable bonds is 1. The molecule has 0 atom stereocenters. The maximum absolute atomic E-state index is 4.22. The zero-order valence-corrected chi connectivity index (χ0v) is 6.41. The molecule has 2 aromatic rings. The molecule has 1 heterocycles. The van der Waals surface area contributed by atoms with Crippen molar-refractivity contribution in [1.82, 2.24) is 9.55 Å². The van der Waals surface area contributed by atoms with Gasteiger partial charge in [0, 0.05) is 6.54 Å². The topological polar surface area (TPSA) is 17.8 Å². The van der Waals surface area contributed by atoms with Crippen LogP contribution in [0.4, 0.5) is 0 Å². The molecule has 2 rings (SSSR count). The number of nitrogens with zero attached hydrogens (tertiary/aromatic N) is 2. The van der Waals surface area contributed by atoms with Gasteiger partial charge < -0.3 is 4.57 Å². The van der Waals surface area contributed by atoms with Gasteiger partial charge in [0.15, 0.2) is 0 Å². The van der Waals surface area contributed by atoms with Crippen LogP contribution in [0.25, 0.3) is 11.0 Å². The van der Waals surface area contributed by atoms with Gasteiger partial charge in [-0.2, -0.15) is 0 Å². The Kier molecular flexibility index (Phi) is 1.39. The molecule has 1 radical (unpaired) electrons. The maximum Gasteiger partial charge on any atom is 0.0958 e. The van der Waals surface area contributed by atoms with Gasteiger partial charge in [0.05, 0.1) is 17.4 Å². The van der Waals surface area contributed by atoms with Crippen LogP contribution in [0.15, 0.2) is 24.5 Å². The highest BCUT2D eigenvalue weighted by molar-refractivity contribution is 5.74. The SMILES string of the molecule is CCn1cnc2c[c]ccc21. The van der Waals surface area contributed by atoms with Crippen molar-refractivity contribution in [3.63, 3.8) is 0 Å². The van der Waals surface area contributed by atoms with Crippen LogP contribution in [-0.2, 0) is 6.54 Å². The summed E-state index contributed by atoms with van der Waals surface area (Å²) in [6.45, 7) is 3.08. The van der Waals surface area contributed by atoms with Crippen LogP contribution in [0.5, 0.6) is 0 Å². The molecule has 0 N–H and O–H groups in total. The largest absolute Gasteiger partial charge is 0.331 e. The average Bonchev–Trinajstić information content (AvgIpc) is 2.47. The lowest BCUT2D eigenvalue weighted by Crippen LogP contribution is -1.89. The van der Waals surface area contributed by atoms with Crippen LogP contribution < -0.4 is 0 Å². The molecule has 11 heavy (non-hydrogen) atoms. The van der Waals surface area contributed by atoms with Crippen molar-refractivity contribution < 1.29 is 0 Å². The molecule has 0 aliphatic rings. The second-order valence-electron chi connectivity index (χ2n) is 2.45. The third-order valence-electron chi connectivity index (χ3n) is 1.81. The Bertz CT molecular complexity index is 362. The fourth-order valence-corrected chi connectivity index (χ4v) is 1.21. The van der Waals surface area contributed by atoms with E-state index in [0.717, 1.165) is 12.1 Å². The first kappa shape index (κ1) is 6.40. The van der Waals surface area contributed by atoms with Gasteiger partial charge in [-0.05, 0) is 25.1 Å². The van der Waals surface area contributed by atoms with Crippen LogP contribution in [0, 0.1) is 6.07 Å². The van der Waals surface area contributed by atoms with Gasteiger partial charge in [0.2, 0.25) is 0 Å². The summed E-state index contributed by atoms with van der Waals surface area (Å²) in [6.07, 6.45) is 1.86. The molecule has 1 aromatic carbocycles. The molecule has 0 bridgehead atoms. The highest BCUT2D eigenvalue weighted by atomic mass is 15.0. The molecule has 0 spiro atoms. The molecule has 0 amide bonds. The number of aromatic nitrogens is 2. The smallest absolute Gasteiger partial charge is 0.0958 e. The molecule has 0 unspecified atom stereocenters. The zero-order chi connectivity index (χ0) is 7.68. The Morgan fingerprint density at radius 1 is 1.64 bits per heavy atom. The lowest BCUT2D eigenvalue weighted by atomic mass is 10.3. The van der Waals surface area contributed by atoms with Crippen LogP contribution in [0.2, 0.25) is 0 Å². The van der Waals surface area contributed by atoms with Crippen molar-refractivity contribution in [2.75, 3.05) is 0 Å². The Hall–Kier alpha value is -1.31. The van der Waals surface area contributed by atoms with E-state index in [-0.39, 0.29) is 0 Å². The first-order valence-electron chi connectivity index (χ1n) is 3.72. The van der Waals surface area contributed by atoms with E-state index < -0.39 is 0 Å². The number of benzene rings is 1. The minimum atomic E-state index is 0.973. The number of aryl methyl sites for hydroxylation is 1. The number of fused-ring (bicyclic) bond motifs is 1. The van der Waals surface area contributed by atoms with E-state index >= 15 is 0 Å². The molecular formula is C9H9N2. The molecular weight excluding hydrogens is 136 g/mol. The van der Waals surface area contributed by atoms with Gasteiger partial charge in [-0.1, -0.05) is 6.07 Å². The standard InChI is InChI=1S/C9H9N2/c1-2-11-7-10-8-5-3-4-6-9(8)11/h4-7H,2H2,1H3. The highest BCUT2D eigenvalue weighted by Gasteiger charge is 1.96. The average molecular weight is 145 g/mol. The number of hydrogen-bond donors (Lipinski definition) is 0. The Balaban J connectivity index is 2.76. The van der Waals surface area contributed by atoms with Crippen molar-refractivity contribution >= 4 is 11.0 Å². The summed E-state index contributed by atoms with van der Waals surface area (Å²) in [5, 5.41) is 0. The van der Waals surface area contributed by atoms with Crippen LogP contribution in [-0.4, -0.2) is 9.55 Å². The predicted molar refractivity (Wildman–Crippen MR) is 44.2 cm³/mol. The summed E-state index contributed by atoms with van der Waals surface area (Å²) in [5.41, 5.74) is 2.21. The minimum absolute atomic E-state index is 0.973. The molecule has 2 heteroatoms. The van der Waals surface area contributed by atoms with Gasteiger partial charge in [0.25, 0.3) is 0 Å². The van der Waals surface area contributed by atoms with E-state index in [1.165, 1.54) is 5.52 Å². The summed E-state index contributed by atoms with van der Waals surface area (Å²) >= 11 is 0. The second-order valence-corrected chi connectivity index (χ2v) is 2.45. The first-order chi connectivity index (χ1) is 5.42. The van der Waals surface area contributed by atoms with Crippen molar-refractivity contribution in [1.29, 1.82) is 0 Å². The first-order valence-corrected chi connectivity index (χ1v) is 3.72. The summed E-state index contributed by atoms with van der Waals surface area (Å²) in [4.78, 5) is 4.22. The second kappa shape index (κ2) is 2.38. The minimum Gasteiger partial charge on any atom is -0.331 e. The normalized spacial score (nSPS) is 10.6. The summed E-state index contributed by atoms with van der Waals surface area (Å²) in [5.74, 6) is 0. The van der Waals surface area contributed by atoms with Crippen molar-refractivity contribution in [2.45, 2.75) is 13.5 Å². The van der Waals surface area contributed by atoms with Gasteiger partial charge >= 0.3 is 0 Å². The Morgan fingerprint density at radius 2 is 2.55 bits per heavy atom. The predicted octanol–water partition coefficient (Wildman–Crippen LogP) is 1.86. The van der Waals surface area contributed by atoms with Gasteiger partial charge in [-0.25, -0.2) is 4.98 Å². The molecule has 0 saturated heterocycles. The van der Waals surface area contributed by atoms with Crippen LogP contribution in [0.3, 0.4) is 0 Å². The molecule has 0 saturated carbocycles. The van der Waals surface area contributed by atoms with E-state index in [9.17, 15) is 0 Å². The summed E-state index contributed by atoms with van der Waals surface area (Å²) in [6, 6.07) is 8.85. The van der Waals surface area contributed by atoms with Gasteiger partial charge in [-0.3, -0.25) is 0 Å². The molecule has 55 valence electrons. The molecule has 0 fully saturated rings. The molecule has 2 nitrogen and oxygen atoms in total. The Morgan fingerprint density at radius 3 is 3.36 bits per heavy atom. The van der Waals surface area contributed by atoms with Gasteiger partial charge in [0.1, 0.15) is 0 Å². The molecule has 0 aliphatic carbocycles. The van der Waals surface area contributed by atoms with E-state index in [4.69, 9.17) is 0 Å².